The molecule has 3 N–H and O–H groups in total. The van der Waals surface area contributed by atoms with Gasteiger partial charge in [0.2, 0.25) is 5.91 Å². The van der Waals surface area contributed by atoms with Crippen LogP contribution >= 0.6 is 11.8 Å². The van der Waals surface area contributed by atoms with Crippen LogP contribution in [0.2, 0.25) is 0 Å². The summed E-state index contributed by atoms with van der Waals surface area (Å²) in [7, 11) is 0. The maximum Gasteiger partial charge on any atom is 0.337 e. The Kier molecular flexibility index (Phi) is 7.53. The Balaban J connectivity index is 2.09. The number of thioether (sulfide) groups is 1. The summed E-state index contributed by atoms with van der Waals surface area (Å²) in [6.07, 6.45) is 1.37. The van der Waals surface area contributed by atoms with Gasteiger partial charge in [-0.2, -0.15) is 0 Å². The number of carboxylic acid groups (broad SMARTS) is 1. The van der Waals surface area contributed by atoms with Gasteiger partial charge in [0.25, 0.3) is 0 Å². The lowest BCUT2D eigenvalue weighted by molar-refractivity contribution is -0.115. The average Bonchev–Trinajstić information content (AvgIpc) is 2.65. The first-order chi connectivity index (χ1) is 12.5. The van der Waals surface area contributed by atoms with Crippen molar-refractivity contribution in [3.05, 3.63) is 53.6 Å². The van der Waals surface area contributed by atoms with Crippen molar-refractivity contribution >= 4 is 35.0 Å². The smallest absolute Gasteiger partial charge is 0.337 e. The molecule has 0 heterocycles. The van der Waals surface area contributed by atoms with Gasteiger partial charge in [-0.1, -0.05) is 26.0 Å². The van der Waals surface area contributed by atoms with E-state index in [1.807, 2.05) is 24.3 Å². The van der Waals surface area contributed by atoms with Gasteiger partial charge in [-0.05, 0) is 42.3 Å². The molecule has 0 saturated heterocycles. The number of nitrogens with one attached hydrogen (secondary N) is 2. The predicted molar refractivity (Wildman–Crippen MR) is 107 cm³/mol. The van der Waals surface area contributed by atoms with E-state index in [9.17, 15) is 14.7 Å². The fourth-order valence-electron chi connectivity index (χ4n) is 2.34. The van der Waals surface area contributed by atoms with Crippen LogP contribution in [0.15, 0.2) is 47.4 Å². The lowest BCUT2D eigenvalue weighted by Gasteiger charge is -2.10. The van der Waals surface area contributed by atoms with Gasteiger partial charge in [-0.3, -0.25) is 4.79 Å². The molecule has 0 aliphatic rings. The van der Waals surface area contributed by atoms with Crippen molar-refractivity contribution in [1.82, 2.24) is 0 Å². The number of benzene rings is 2. The zero-order valence-electron chi connectivity index (χ0n) is 15.0. The van der Waals surface area contributed by atoms with Crippen LogP contribution in [-0.4, -0.2) is 23.5 Å². The van der Waals surface area contributed by atoms with Crippen LogP contribution in [0.1, 0.15) is 42.6 Å². The van der Waals surface area contributed by atoms with Crippen LogP contribution in [0.25, 0.3) is 0 Å². The van der Waals surface area contributed by atoms with Crippen molar-refractivity contribution in [2.75, 3.05) is 17.2 Å². The van der Waals surface area contributed by atoms with Gasteiger partial charge in [0.05, 0.1) is 11.3 Å². The molecule has 26 heavy (non-hydrogen) atoms. The molecule has 0 aromatic heterocycles. The number of amides is 1. The van der Waals surface area contributed by atoms with E-state index in [0.717, 1.165) is 29.1 Å². The minimum atomic E-state index is -1.05. The van der Waals surface area contributed by atoms with Crippen molar-refractivity contribution in [1.29, 1.82) is 0 Å². The molecular formula is C20H24N2O3S. The Hall–Kier alpha value is -2.47. The number of rotatable bonds is 9. The van der Waals surface area contributed by atoms with Crippen LogP contribution in [0.5, 0.6) is 0 Å². The molecule has 2 rings (SSSR count). The Morgan fingerprint density at radius 2 is 1.92 bits per heavy atom. The van der Waals surface area contributed by atoms with Gasteiger partial charge < -0.3 is 15.7 Å². The van der Waals surface area contributed by atoms with Crippen molar-refractivity contribution in [3.63, 3.8) is 0 Å². The first-order valence-corrected chi connectivity index (χ1v) is 9.64. The van der Waals surface area contributed by atoms with Crippen molar-refractivity contribution in [2.45, 2.75) is 37.3 Å². The van der Waals surface area contributed by atoms with E-state index in [0.29, 0.717) is 17.9 Å². The van der Waals surface area contributed by atoms with E-state index in [2.05, 4.69) is 23.6 Å². The molecule has 0 unspecified atom stereocenters. The number of anilines is 2. The predicted octanol–water partition coefficient (Wildman–Crippen LogP) is 4.85. The lowest BCUT2D eigenvalue weighted by atomic mass is 10.1. The van der Waals surface area contributed by atoms with Gasteiger partial charge in [-0.15, -0.1) is 11.8 Å². The number of carboxylic acids is 1. The maximum atomic E-state index is 11.5. The van der Waals surface area contributed by atoms with Crippen molar-refractivity contribution < 1.29 is 14.7 Å². The quantitative estimate of drug-likeness (QED) is 0.549. The molecule has 0 aliphatic heterocycles. The molecule has 0 radical (unpaired) electrons. The molecule has 0 bridgehead atoms. The summed E-state index contributed by atoms with van der Waals surface area (Å²) >= 11 is 1.65. The first kappa shape index (κ1) is 19.8. The number of hydrogen-bond donors (Lipinski definition) is 3. The Morgan fingerprint density at radius 3 is 2.62 bits per heavy atom. The fraction of sp³-hybridized carbons (Fsp3) is 0.300. The van der Waals surface area contributed by atoms with Gasteiger partial charge in [0, 0.05) is 29.3 Å². The summed E-state index contributed by atoms with van der Waals surface area (Å²) in [5.41, 5.74) is 2.43. The summed E-state index contributed by atoms with van der Waals surface area (Å²) < 4.78 is 0. The number of carbonyl (C=O) groups excluding carboxylic acids is 1. The van der Waals surface area contributed by atoms with Crippen LogP contribution in [-0.2, 0) is 10.5 Å². The summed E-state index contributed by atoms with van der Waals surface area (Å²) in [5.74, 6) is -0.598. The molecule has 0 fully saturated rings. The third-order valence-corrected chi connectivity index (χ3v) is 4.79. The number of aromatic carboxylic acids is 1. The Bertz CT molecular complexity index is 777. The topological polar surface area (TPSA) is 78.4 Å². The monoisotopic (exact) mass is 372 g/mol. The number of hydrogen-bond acceptors (Lipinski definition) is 4. The molecule has 6 heteroatoms. The summed E-state index contributed by atoms with van der Waals surface area (Å²) in [6.45, 7) is 4.78. The molecule has 2 aromatic carbocycles. The van der Waals surface area contributed by atoms with Gasteiger partial charge in [0.1, 0.15) is 0 Å². The molecule has 0 aliphatic carbocycles. The standard InChI is InChI=1S/C20H24N2O3S/c1-3-10-21-15-6-5-7-16(12-15)26-13-14-8-9-18(22-19(23)4-2)17(11-14)20(24)25/h5-9,11-12,21H,3-4,10,13H2,1-2H3,(H,22,23)(H,24,25). The Labute approximate surface area is 158 Å². The van der Waals surface area contributed by atoms with E-state index < -0.39 is 5.97 Å². The van der Waals surface area contributed by atoms with E-state index in [1.165, 1.54) is 0 Å². The second kappa shape index (κ2) is 9.87. The zero-order valence-corrected chi connectivity index (χ0v) is 15.9. The molecule has 0 saturated carbocycles. The van der Waals surface area contributed by atoms with Gasteiger partial charge in [0.15, 0.2) is 0 Å². The second-order valence-corrected chi connectivity index (χ2v) is 6.88. The SMILES string of the molecule is CCCNc1cccc(SCc2ccc(NC(=O)CC)c(C(=O)O)c2)c1. The molecule has 138 valence electrons. The highest BCUT2D eigenvalue weighted by Crippen LogP contribution is 2.27. The van der Waals surface area contributed by atoms with Gasteiger partial charge >= 0.3 is 5.97 Å². The maximum absolute atomic E-state index is 11.5. The van der Waals surface area contributed by atoms with E-state index in [4.69, 9.17) is 0 Å². The minimum Gasteiger partial charge on any atom is -0.478 e. The highest BCUT2D eigenvalue weighted by atomic mass is 32.2. The molecular weight excluding hydrogens is 348 g/mol. The molecule has 0 spiro atoms. The molecule has 1 amide bonds. The third kappa shape index (κ3) is 5.81. The third-order valence-electron chi connectivity index (χ3n) is 3.73. The van der Waals surface area contributed by atoms with Crippen LogP contribution < -0.4 is 10.6 Å². The highest BCUT2D eigenvalue weighted by molar-refractivity contribution is 7.98. The largest absolute Gasteiger partial charge is 0.478 e. The average molecular weight is 372 g/mol. The lowest BCUT2D eigenvalue weighted by Crippen LogP contribution is -2.13. The van der Waals surface area contributed by atoms with Crippen LogP contribution in [0, 0.1) is 0 Å². The zero-order chi connectivity index (χ0) is 18.9. The Morgan fingerprint density at radius 1 is 1.12 bits per heavy atom. The van der Waals surface area contributed by atoms with Crippen molar-refractivity contribution in [3.8, 4) is 0 Å². The highest BCUT2D eigenvalue weighted by Gasteiger charge is 2.13. The van der Waals surface area contributed by atoms with Crippen LogP contribution in [0.3, 0.4) is 0 Å². The fourth-order valence-corrected chi connectivity index (χ4v) is 3.24. The summed E-state index contributed by atoms with van der Waals surface area (Å²) in [6, 6.07) is 13.3. The van der Waals surface area contributed by atoms with E-state index in [-0.39, 0.29) is 11.5 Å². The summed E-state index contributed by atoms with van der Waals surface area (Å²) in [4.78, 5) is 24.2. The van der Waals surface area contributed by atoms with Crippen LogP contribution in [0.4, 0.5) is 11.4 Å². The molecule has 0 atom stereocenters. The summed E-state index contributed by atoms with van der Waals surface area (Å²) in [5, 5.41) is 15.4. The first-order valence-electron chi connectivity index (χ1n) is 8.66. The normalized spacial score (nSPS) is 10.4. The van der Waals surface area contributed by atoms with E-state index in [1.54, 1.807) is 30.8 Å². The molecule has 5 nitrogen and oxygen atoms in total. The molecule has 2 aromatic rings. The minimum absolute atomic E-state index is 0.114. The van der Waals surface area contributed by atoms with Crippen molar-refractivity contribution in [2.24, 2.45) is 0 Å². The van der Waals surface area contributed by atoms with Gasteiger partial charge in [-0.25, -0.2) is 4.79 Å². The number of carbonyl (C=O) groups is 2. The second-order valence-electron chi connectivity index (χ2n) is 5.83. The van der Waals surface area contributed by atoms with E-state index >= 15 is 0 Å².